The second-order valence-electron chi connectivity index (χ2n) is 5.82. The maximum atomic E-state index is 12.2. The van der Waals surface area contributed by atoms with E-state index in [2.05, 4.69) is 0 Å². The Hall–Kier alpha value is -1.60. The largest absolute Gasteiger partial charge is 0.405 e. The second kappa shape index (κ2) is 7.31. The molecular formula is C16H21F3N2O2. The van der Waals surface area contributed by atoms with Gasteiger partial charge in [-0.05, 0) is 19.4 Å². The lowest BCUT2D eigenvalue weighted by atomic mass is 9.98. The fraction of sp³-hybridized carbons (Fsp3) is 0.562. The van der Waals surface area contributed by atoms with Gasteiger partial charge in [-0.2, -0.15) is 13.2 Å². The number of hydrogen-bond acceptors (Lipinski definition) is 3. The molecule has 7 heteroatoms. The first-order chi connectivity index (χ1) is 10.8. The monoisotopic (exact) mass is 330 g/mol. The molecule has 128 valence electrons. The predicted molar refractivity (Wildman–Crippen MR) is 79.8 cm³/mol. The van der Waals surface area contributed by atoms with E-state index in [0.29, 0.717) is 6.61 Å². The quantitative estimate of drug-likeness (QED) is 0.922. The van der Waals surface area contributed by atoms with Crippen LogP contribution in [0.3, 0.4) is 0 Å². The Morgan fingerprint density at radius 1 is 1.30 bits per heavy atom. The Balaban J connectivity index is 2.00. The predicted octanol–water partition coefficient (Wildman–Crippen LogP) is 2.52. The summed E-state index contributed by atoms with van der Waals surface area (Å²) < 4.78 is 42.4. The minimum absolute atomic E-state index is 0.0402. The van der Waals surface area contributed by atoms with E-state index >= 15 is 0 Å². The number of halogens is 3. The van der Waals surface area contributed by atoms with Crippen molar-refractivity contribution in [3.05, 3.63) is 35.9 Å². The Labute approximate surface area is 133 Å². The first kappa shape index (κ1) is 17.7. The van der Waals surface area contributed by atoms with Crippen molar-refractivity contribution in [2.24, 2.45) is 0 Å². The van der Waals surface area contributed by atoms with Gasteiger partial charge in [-0.1, -0.05) is 30.3 Å². The highest BCUT2D eigenvalue weighted by Gasteiger charge is 2.35. The minimum Gasteiger partial charge on any atom is -0.370 e. The van der Waals surface area contributed by atoms with Crippen LogP contribution in [0.15, 0.2) is 30.3 Å². The van der Waals surface area contributed by atoms with E-state index in [1.807, 2.05) is 54.4 Å². The Morgan fingerprint density at radius 2 is 1.96 bits per heavy atom. The number of carbonyl (C=O) groups excluding carboxylic acids is 1. The van der Waals surface area contributed by atoms with Crippen LogP contribution in [-0.4, -0.2) is 48.8 Å². The number of rotatable bonds is 4. The zero-order valence-electron chi connectivity index (χ0n) is 13.1. The van der Waals surface area contributed by atoms with Crippen LogP contribution in [0.1, 0.15) is 25.5 Å². The number of alkyl halides is 3. The third kappa shape index (κ3) is 4.94. The van der Waals surface area contributed by atoms with E-state index in [1.54, 1.807) is 0 Å². The molecular weight excluding hydrogens is 309 g/mol. The molecule has 0 aromatic heterocycles. The summed E-state index contributed by atoms with van der Waals surface area (Å²) in [6.45, 7) is 2.86. The number of amides is 1. The van der Waals surface area contributed by atoms with Crippen molar-refractivity contribution < 1.29 is 22.7 Å². The van der Waals surface area contributed by atoms with Gasteiger partial charge in [0, 0.05) is 12.1 Å². The summed E-state index contributed by atoms with van der Waals surface area (Å²) in [6, 6.07) is 9.45. The number of benzene rings is 1. The summed E-state index contributed by atoms with van der Waals surface area (Å²) in [5.41, 5.74) is 0.993. The number of morpholine rings is 1. The van der Waals surface area contributed by atoms with Gasteiger partial charge in [0.15, 0.2) is 0 Å². The van der Waals surface area contributed by atoms with Gasteiger partial charge in [0.1, 0.15) is 6.54 Å². The molecule has 1 saturated heterocycles. The molecule has 23 heavy (non-hydrogen) atoms. The smallest absolute Gasteiger partial charge is 0.370 e. The lowest BCUT2D eigenvalue weighted by molar-refractivity contribution is -0.143. The van der Waals surface area contributed by atoms with Crippen LogP contribution < -0.4 is 5.32 Å². The highest BCUT2D eigenvalue weighted by molar-refractivity contribution is 5.78. The minimum atomic E-state index is -4.40. The summed E-state index contributed by atoms with van der Waals surface area (Å²) in [5.74, 6) is -0.630. The molecule has 1 fully saturated rings. The van der Waals surface area contributed by atoms with Crippen LogP contribution >= 0.6 is 0 Å². The summed E-state index contributed by atoms with van der Waals surface area (Å²) in [4.78, 5) is 13.7. The molecule has 1 aromatic carbocycles. The van der Waals surface area contributed by atoms with Gasteiger partial charge in [0.25, 0.3) is 0 Å². The molecule has 0 unspecified atom stereocenters. The van der Waals surface area contributed by atoms with Crippen LogP contribution in [0.4, 0.5) is 13.2 Å². The zero-order valence-corrected chi connectivity index (χ0v) is 13.1. The van der Waals surface area contributed by atoms with Gasteiger partial charge in [0.05, 0.1) is 19.3 Å². The molecule has 3 atom stereocenters. The van der Waals surface area contributed by atoms with Crippen LogP contribution in [-0.2, 0) is 9.53 Å². The zero-order chi connectivity index (χ0) is 17.0. The summed E-state index contributed by atoms with van der Waals surface area (Å²) in [6.07, 6.45) is -4.60. The third-order valence-electron chi connectivity index (χ3n) is 3.98. The highest BCUT2D eigenvalue weighted by Crippen LogP contribution is 2.30. The Morgan fingerprint density at radius 3 is 2.57 bits per heavy atom. The van der Waals surface area contributed by atoms with Crippen LogP contribution in [0.5, 0.6) is 0 Å². The van der Waals surface area contributed by atoms with Gasteiger partial charge in [-0.25, -0.2) is 0 Å². The van der Waals surface area contributed by atoms with E-state index in [4.69, 9.17) is 4.74 Å². The molecule has 1 aromatic rings. The van der Waals surface area contributed by atoms with Gasteiger partial charge >= 0.3 is 6.18 Å². The highest BCUT2D eigenvalue weighted by atomic mass is 19.4. The molecule has 0 saturated carbocycles. The van der Waals surface area contributed by atoms with E-state index in [1.165, 1.54) is 0 Å². The van der Waals surface area contributed by atoms with Crippen molar-refractivity contribution >= 4 is 5.91 Å². The van der Waals surface area contributed by atoms with E-state index in [-0.39, 0.29) is 24.7 Å². The molecule has 1 heterocycles. The molecule has 0 spiro atoms. The molecule has 0 bridgehead atoms. The Kier molecular flexibility index (Phi) is 5.64. The van der Waals surface area contributed by atoms with E-state index in [0.717, 1.165) is 5.56 Å². The van der Waals surface area contributed by atoms with E-state index < -0.39 is 18.6 Å². The topological polar surface area (TPSA) is 41.6 Å². The van der Waals surface area contributed by atoms with Crippen molar-refractivity contribution in [2.75, 3.05) is 19.7 Å². The summed E-state index contributed by atoms with van der Waals surface area (Å²) in [7, 11) is 0. The molecule has 0 radical (unpaired) electrons. The van der Waals surface area contributed by atoms with Crippen molar-refractivity contribution in [3.8, 4) is 0 Å². The average Bonchev–Trinajstić information content (AvgIpc) is 2.49. The lowest BCUT2D eigenvalue weighted by Crippen LogP contribution is -2.54. The molecule has 2 rings (SSSR count). The number of nitrogens with zero attached hydrogens (tertiary/aromatic N) is 1. The standard InChI is InChI=1S/C16H21F3N2O2/c1-11-9-23-15(13-6-4-3-5-7-13)12(2)21(11)8-14(22)20-10-16(17,18)19/h3-7,11-12,15H,8-10H2,1-2H3,(H,20,22)/t11-,12-,15+/m1/s1. The number of hydrogen-bond donors (Lipinski definition) is 1. The second-order valence-corrected chi connectivity index (χ2v) is 5.82. The molecule has 1 aliphatic rings. The maximum absolute atomic E-state index is 12.2. The SMILES string of the molecule is C[C@@H]1CO[C@H](c2ccccc2)[C@@H](C)N1CC(=O)NCC(F)(F)F. The lowest BCUT2D eigenvalue weighted by Gasteiger charge is -2.43. The van der Waals surface area contributed by atoms with Crippen molar-refractivity contribution in [1.82, 2.24) is 10.2 Å². The molecule has 1 N–H and O–H groups in total. The first-order valence-electron chi connectivity index (χ1n) is 7.53. The number of nitrogens with one attached hydrogen (secondary N) is 1. The fourth-order valence-corrected chi connectivity index (χ4v) is 2.79. The maximum Gasteiger partial charge on any atom is 0.405 e. The van der Waals surface area contributed by atoms with Crippen LogP contribution in [0.2, 0.25) is 0 Å². The first-order valence-corrected chi connectivity index (χ1v) is 7.53. The van der Waals surface area contributed by atoms with Gasteiger partial charge in [-0.3, -0.25) is 9.69 Å². The van der Waals surface area contributed by atoms with Gasteiger partial charge in [0.2, 0.25) is 5.91 Å². The molecule has 1 amide bonds. The molecule has 4 nitrogen and oxygen atoms in total. The fourth-order valence-electron chi connectivity index (χ4n) is 2.79. The molecule has 1 aliphatic heterocycles. The van der Waals surface area contributed by atoms with Crippen LogP contribution in [0.25, 0.3) is 0 Å². The number of carbonyl (C=O) groups is 1. The number of ether oxygens (including phenoxy) is 1. The third-order valence-corrected chi connectivity index (χ3v) is 3.98. The van der Waals surface area contributed by atoms with Gasteiger partial charge < -0.3 is 10.1 Å². The van der Waals surface area contributed by atoms with Crippen molar-refractivity contribution in [1.29, 1.82) is 0 Å². The Bertz CT molecular complexity index is 522. The van der Waals surface area contributed by atoms with Crippen molar-refractivity contribution in [2.45, 2.75) is 38.2 Å². The van der Waals surface area contributed by atoms with Crippen LogP contribution in [0, 0.1) is 0 Å². The van der Waals surface area contributed by atoms with Gasteiger partial charge in [-0.15, -0.1) is 0 Å². The average molecular weight is 330 g/mol. The van der Waals surface area contributed by atoms with Crippen molar-refractivity contribution in [3.63, 3.8) is 0 Å². The summed E-state index contributed by atoms with van der Waals surface area (Å²) >= 11 is 0. The summed E-state index contributed by atoms with van der Waals surface area (Å²) in [5, 5.41) is 1.92. The van der Waals surface area contributed by atoms with E-state index in [9.17, 15) is 18.0 Å². The molecule has 0 aliphatic carbocycles. The normalized spacial score (nSPS) is 26.0.